The van der Waals surface area contributed by atoms with Crippen molar-refractivity contribution >= 4 is 14.3 Å². The molecule has 0 amide bonds. The molecule has 1 unspecified atom stereocenters. The third-order valence-corrected chi connectivity index (χ3v) is 9.31. The first kappa shape index (κ1) is 18.7. The summed E-state index contributed by atoms with van der Waals surface area (Å²) in [7, 11) is -0.242. The second-order valence-corrected chi connectivity index (χ2v) is 12.3. The molecule has 0 aromatic carbocycles. The largest absolute Gasteiger partial charge is 0.469 e. The van der Waals surface area contributed by atoms with Crippen molar-refractivity contribution in [2.45, 2.75) is 83.2 Å². The molecule has 1 fully saturated rings. The van der Waals surface area contributed by atoms with Crippen molar-refractivity contribution in [3.63, 3.8) is 0 Å². The van der Waals surface area contributed by atoms with Crippen molar-refractivity contribution in [2.75, 3.05) is 13.7 Å². The highest BCUT2D eigenvalue weighted by Gasteiger charge is 2.37. The third kappa shape index (κ3) is 6.08. The van der Waals surface area contributed by atoms with Crippen LogP contribution in [-0.4, -0.2) is 40.2 Å². The number of carbonyl (C=O) groups is 1. The van der Waals surface area contributed by atoms with Crippen LogP contribution in [0.5, 0.6) is 0 Å². The molecule has 0 aromatic rings. The van der Waals surface area contributed by atoms with Gasteiger partial charge >= 0.3 is 5.97 Å². The van der Waals surface area contributed by atoms with E-state index in [1.54, 1.807) is 0 Å². The van der Waals surface area contributed by atoms with Crippen molar-refractivity contribution in [1.29, 1.82) is 0 Å². The summed E-state index contributed by atoms with van der Waals surface area (Å²) >= 11 is 0. The van der Waals surface area contributed by atoms with Crippen LogP contribution < -0.4 is 0 Å². The molecule has 0 aliphatic carbocycles. The Labute approximate surface area is 130 Å². The number of hydrogen-bond donors (Lipinski definition) is 0. The molecule has 4 nitrogen and oxygen atoms in total. The molecule has 2 atom stereocenters. The molecular formula is C16H32O4Si. The normalized spacial score (nSPS) is 23.9. The minimum Gasteiger partial charge on any atom is -0.469 e. The lowest BCUT2D eigenvalue weighted by molar-refractivity contribution is -0.147. The molecule has 1 rings (SSSR count). The lowest BCUT2D eigenvalue weighted by Gasteiger charge is -2.37. The Bertz CT molecular complexity index is 336. The maximum Gasteiger partial charge on any atom is 0.308 e. The van der Waals surface area contributed by atoms with E-state index in [0.717, 1.165) is 32.3 Å². The van der Waals surface area contributed by atoms with Crippen LogP contribution in [0, 0.1) is 0 Å². The van der Waals surface area contributed by atoms with Crippen LogP contribution in [0.2, 0.25) is 18.1 Å². The van der Waals surface area contributed by atoms with Gasteiger partial charge in [-0.15, -0.1) is 0 Å². The molecule has 124 valence electrons. The minimum absolute atomic E-state index is 0.0177. The van der Waals surface area contributed by atoms with Gasteiger partial charge in [-0.2, -0.15) is 0 Å². The fraction of sp³-hybridized carbons (Fsp3) is 0.938. The second-order valence-electron chi connectivity index (χ2n) is 7.49. The summed E-state index contributed by atoms with van der Waals surface area (Å²) < 4.78 is 16.9. The van der Waals surface area contributed by atoms with Crippen molar-refractivity contribution in [2.24, 2.45) is 0 Å². The Kier molecular flexibility index (Phi) is 6.88. The second kappa shape index (κ2) is 7.74. The van der Waals surface area contributed by atoms with Crippen molar-refractivity contribution < 1.29 is 18.7 Å². The van der Waals surface area contributed by atoms with E-state index in [4.69, 9.17) is 13.9 Å². The van der Waals surface area contributed by atoms with Crippen LogP contribution in [-0.2, 0) is 18.7 Å². The zero-order valence-electron chi connectivity index (χ0n) is 14.5. The summed E-state index contributed by atoms with van der Waals surface area (Å²) in [4.78, 5) is 11.3. The van der Waals surface area contributed by atoms with Gasteiger partial charge in [-0.1, -0.05) is 20.8 Å². The van der Waals surface area contributed by atoms with E-state index in [-0.39, 0.29) is 23.2 Å². The van der Waals surface area contributed by atoms with E-state index in [9.17, 15) is 4.79 Å². The van der Waals surface area contributed by atoms with Crippen molar-refractivity contribution in [3.8, 4) is 0 Å². The number of ether oxygens (including phenoxy) is 2. The molecular weight excluding hydrogens is 284 g/mol. The summed E-state index contributed by atoms with van der Waals surface area (Å²) in [6.45, 7) is 12.1. The Morgan fingerprint density at radius 1 is 1.24 bits per heavy atom. The van der Waals surface area contributed by atoms with E-state index < -0.39 is 8.32 Å². The third-order valence-electron chi connectivity index (χ3n) is 4.77. The van der Waals surface area contributed by atoms with E-state index in [1.165, 1.54) is 7.11 Å². The van der Waals surface area contributed by atoms with E-state index in [0.29, 0.717) is 6.42 Å². The first-order chi connectivity index (χ1) is 9.65. The number of rotatable bonds is 6. The van der Waals surface area contributed by atoms with Gasteiger partial charge in [0.05, 0.1) is 25.7 Å². The van der Waals surface area contributed by atoms with Crippen LogP contribution in [0.1, 0.15) is 52.9 Å². The predicted molar refractivity (Wildman–Crippen MR) is 86.9 cm³/mol. The van der Waals surface area contributed by atoms with Crippen LogP contribution >= 0.6 is 0 Å². The van der Waals surface area contributed by atoms with Crippen LogP contribution in [0.4, 0.5) is 0 Å². The quantitative estimate of drug-likeness (QED) is 0.551. The van der Waals surface area contributed by atoms with Gasteiger partial charge < -0.3 is 13.9 Å². The number of esters is 1. The smallest absolute Gasteiger partial charge is 0.308 e. The first-order valence-corrected chi connectivity index (χ1v) is 10.9. The van der Waals surface area contributed by atoms with E-state index in [2.05, 4.69) is 33.9 Å². The molecule has 1 heterocycles. The highest BCUT2D eigenvalue weighted by molar-refractivity contribution is 6.74. The van der Waals surface area contributed by atoms with Gasteiger partial charge in [0.2, 0.25) is 0 Å². The molecule has 5 heteroatoms. The summed E-state index contributed by atoms with van der Waals surface area (Å²) in [5, 5.41) is 0.244. The maximum atomic E-state index is 11.3. The fourth-order valence-corrected chi connectivity index (χ4v) is 3.34. The summed E-state index contributed by atoms with van der Waals surface area (Å²) in [6, 6.07) is 0. The topological polar surface area (TPSA) is 44.8 Å². The molecule has 0 N–H and O–H groups in total. The molecule has 0 spiro atoms. The molecule has 0 radical (unpaired) electrons. The first-order valence-electron chi connectivity index (χ1n) is 8.02. The molecule has 0 saturated carbocycles. The van der Waals surface area contributed by atoms with Gasteiger partial charge in [-0.3, -0.25) is 4.79 Å². The van der Waals surface area contributed by atoms with E-state index >= 15 is 0 Å². The number of hydrogen-bond acceptors (Lipinski definition) is 4. The Morgan fingerprint density at radius 2 is 1.86 bits per heavy atom. The van der Waals surface area contributed by atoms with Gasteiger partial charge in [-0.05, 0) is 43.8 Å². The molecule has 1 saturated heterocycles. The lowest BCUT2D eigenvalue weighted by Crippen LogP contribution is -2.41. The minimum atomic E-state index is -1.67. The monoisotopic (exact) mass is 316 g/mol. The fourth-order valence-electron chi connectivity index (χ4n) is 2.28. The van der Waals surface area contributed by atoms with Crippen LogP contribution in [0.3, 0.4) is 0 Å². The SMILES string of the molecule is COC(=O)CC1CCC[C@H](CCO[Si](C)(C)C(C)(C)C)O1. The average molecular weight is 317 g/mol. The summed E-state index contributed by atoms with van der Waals surface area (Å²) in [5.41, 5.74) is 0. The van der Waals surface area contributed by atoms with Crippen molar-refractivity contribution in [1.82, 2.24) is 0 Å². The van der Waals surface area contributed by atoms with Gasteiger partial charge in [0.15, 0.2) is 8.32 Å². The molecule has 21 heavy (non-hydrogen) atoms. The number of carbonyl (C=O) groups excluding carboxylic acids is 1. The molecule has 0 aromatic heterocycles. The van der Waals surface area contributed by atoms with Gasteiger partial charge in [-0.25, -0.2) is 0 Å². The highest BCUT2D eigenvalue weighted by Crippen LogP contribution is 2.36. The molecule has 1 aliphatic rings. The average Bonchev–Trinajstić information content (AvgIpc) is 2.37. The van der Waals surface area contributed by atoms with E-state index in [1.807, 2.05) is 0 Å². The molecule has 1 aliphatic heterocycles. The summed E-state index contributed by atoms with van der Waals surface area (Å²) in [5.74, 6) is -0.182. The Balaban J connectivity index is 2.34. The van der Waals surface area contributed by atoms with Gasteiger partial charge in [0.25, 0.3) is 0 Å². The zero-order chi connectivity index (χ0) is 16.1. The van der Waals surface area contributed by atoms with Crippen molar-refractivity contribution in [3.05, 3.63) is 0 Å². The van der Waals surface area contributed by atoms with Gasteiger partial charge in [0.1, 0.15) is 0 Å². The lowest BCUT2D eigenvalue weighted by atomic mass is 10.0. The maximum absolute atomic E-state index is 11.3. The number of methoxy groups -OCH3 is 1. The van der Waals surface area contributed by atoms with Crippen LogP contribution in [0.25, 0.3) is 0 Å². The Hall–Kier alpha value is -0.393. The molecule has 0 bridgehead atoms. The summed E-state index contributed by atoms with van der Waals surface area (Å²) in [6.07, 6.45) is 4.67. The predicted octanol–water partition coefficient (Wildman–Crippen LogP) is 3.90. The zero-order valence-corrected chi connectivity index (χ0v) is 15.5. The van der Waals surface area contributed by atoms with Gasteiger partial charge in [0, 0.05) is 6.61 Å². The highest BCUT2D eigenvalue weighted by atomic mass is 28.4. The van der Waals surface area contributed by atoms with Crippen LogP contribution in [0.15, 0.2) is 0 Å². The Morgan fingerprint density at radius 3 is 2.43 bits per heavy atom. The standard InChI is InChI=1S/C16H32O4Si/c1-16(2,3)21(5,6)19-11-10-13-8-7-9-14(20-13)12-15(17)18-4/h13-14H,7-12H2,1-6H3/t13-,14?/m1/s1.